The number of unbranched alkanes of at least 4 members (excludes halogenated alkanes) is 1. The maximum Gasteiger partial charge on any atom is 0.291 e. The molecular weight excluding hydrogens is 577 g/mol. The van der Waals surface area contributed by atoms with Crippen LogP contribution in [0.25, 0.3) is 40.1 Å². The highest BCUT2D eigenvalue weighted by Crippen LogP contribution is 2.29. The van der Waals surface area contributed by atoms with E-state index in [-0.39, 0.29) is 11.4 Å². The molecule has 0 spiro atoms. The number of nitrogens with zero attached hydrogens (tertiary/aromatic N) is 5. The van der Waals surface area contributed by atoms with E-state index in [0.29, 0.717) is 55.8 Å². The molecular formula is C34H30FN5O3S. The molecule has 3 aromatic heterocycles. The van der Waals surface area contributed by atoms with E-state index in [0.717, 1.165) is 24.1 Å². The lowest BCUT2D eigenvalue weighted by Gasteiger charge is -2.10. The molecule has 222 valence electrons. The topological polar surface area (TPSA) is 83.5 Å². The molecule has 0 bridgehead atoms. The molecule has 0 radical (unpaired) electrons. The largest absolute Gasteiger partial charge is 0.493 e. The number of hydrogen-bond donors (Lipinski definition) is 0. The second-order valence-electron chi connectivity index (χ2n) is 10.2. The minimum Gasteiger partial charge on any atom is -0.493 e. The molecule has 0 unspecified atom stereocenters. The number of thiazole rings is 1. The number of ether oxygens (including phenoxy) is 2. The predicted molar refractivity (Wildman–Crippen MR) is 172 cm³/mol. The minimum absolute atomic E-state index is 0.291. The zero-order valence-electron chi connectivity index (χ0n) is 24.5. The van der Waals surface area contributed by atoms with Gasteiger partial charge in [-0.15, -0.1) is 5.10 Å². The van der Waals surface area contributed by atoms with Gasteiger partial charge in [-0.25, -0.2) is 9.07 Å². The summed E-state index contributed by atoms with van der Waals surface area (Å²) in [7, 11) is 1.61. The maximum absolute atomic E-state index is 14.5. The first-order chi connectivity index (χ1) is 21.4. The molecule has 44 heavy (non-hydrogen) atoms. The summed E-state index contributed by atoms with van der Waals surface area (Å²) in [6, 6.07) is 20.3. The van der Waals surface area contributed by atoms with Gasteiger partial charge in [0.2, 0.25) is 4.96 Å². The van der Waals surface area contributed by atoms with Crippen LogP contribution >= 0.6 is 11.3 Å². The van der Waals surface area contributed by atoms with E-state index in [4.69, 9.17) is 14.6 Å². The molecule has 0 aliphatic heterocycles. The normalized spacial score (nSPS) is 12.0. The van der Waals surface area contributed by atoms with Crippen molar-refractivity contribution in [2.75, 3.05) is 13.7 Å². The third-order valence-electron chi connectivity index (χ3n) is 7.06. The van der Waals surface area contributed by atoms with E-state index in [1.54, 1.807) is 36.9 Å². The predicted octanol–water partition coefficient (Wildman–Crippen LogP) is 6.36. The molecule has 0 saturated heterocycles. The Kier molecular flexibility index (Phi) is 8.33. The van der Waals surface area contributed by atoms with Gasteiger partial charge in [-0.3, -0.25) is 4.79 Å². The van der Waals surface area contributed by atoms with Crippen molar-refractivity contribution in [3.8, 4) is 28.4 Å². The lowest BCUT2D eigenvalue weighted by molar-refractivity contribution is 0.288. The summed E-state index contributed by atoms with van der Waals surface area (Å²) < 4.78 is 29.3. The summed E-state index contributed by atoms with van der Waals surface area (Å²) in [5.74, 6) is 1.44. The molecule has 3 heterocycles. The first kappa shape index (κ1) is 29.0. The molecule has 0 saturated carbocycles. The molecule has 0 aliphatic rings. The number of fused-ring (bicyclic) bond motifs is 1. The van der Waals surface area contributed by atoms with Crippen molar-refractivity contribution in [2.45, 2.75) is 26.7 Å². The summed E-state index contributed by atoms with van der Waals surface area (Å²) >= 11 is 1.23. The van der Waals surface area contributed by atoms with Crippen LogP contribution in [0.5, 0.6) is 11.5 Å². The Morgan fingerprint density at radius 2 is 1.84 bits per heavy atom. The fraction of sp³-hybridized carbons (Fsp3) is 0.176. The van der Waals surface area contributed by atoms with Gasteiger partial charge in [0.05, 0.1) is 23.9 Å². The zero-order chi connectivity index (χ0) is 30.6. The van der Waals surface area contributed by atoms with Crippen molar-refractivity contribution in [3.05, 3.63) is 116 Å². The quantitative estimate of drug-likeness (QED) is 0.169. The first-order valence-electron chi connectivity index (χ1n) is 14.3. The van der Waals surface area contributed by atoms with Gasteiger partial charge in [0.1, 0.15) is 11.5 Å². The van der Waals surface area contributed by atoms with Crippen LogP contribution in [0, 0.1) is 12.7 Å². The molecule has 0 amide bonds. The van der Waals surface area contributed by atoms with Gasteiger partial charge in [-0.1, -0.05) is 67.2 Å². The van der Waals surface area contributed by atoms with Crippen molar-refractivity contribution in [2.24, 2.45) is 0 Å². The van der Waals surface area contributed by atoms with Crippen LogP contribution in [0.4, 0.5) is 4.39 Å². The highest BCUT2D eigenvalue weighted by atomic mass is 32.1. The fourth-order valence-corrected chi connectivity index (χ4v) is 5.54. The van der Waals surface area contributed by atoms with Crippen LogP contribution < -0.4 is 19.6 Å². The monoisotopic (exact) mass is 607 g/mol. The van der Waals surface area contributed by atoms with Gasteiger partial charge < -0.3 is 9.47 Å². The molecule has 6 rings (SSSR count). The van der Waals surface area contributed by atoms with Gasteiger partial charge in [0.15, 0.2) is 17.3 Å². The van der Waals surface area contributed by atoms with Crippen LogP contribution in [0.3, 0.4) is 0 Å². The van der Waals surface area contributed by atoms with Crippen molar-refractivity contribution in [1.82, 2.24) is 24.4 Å². The number of para-hydroxylation sites is 1. The van der Waals surface area contributed by atoms with Crippen LogP contribution in [0.1, 0.15) is 42.3 Å². The van der Waals surface area contributed by atoms with E-state index in [1.165, 1.54) is 21.9 Å². The molecule has 0 N–H and O–H groups in total. The third kappa shape index (κ3) is 6.02. The highest BCUT2D eigenvalue weighted by molar-refractivity contribution is 7.15. The van der Waals surface area contributed by atoms with Crippen molar-refractivity contribution < 1.29 is 13.9 Å². The fourth-order valence-electron chi connectivity index (χ4n) is 4.64. The van der Waals surface area contributed by atoms with E-state index in [9.17, 15) is 9.18 Å². The Hall–Kier alpha value is -5.09. The van der Waals surface area contributed by atoms with Gasteiger partial charge in [0.25, 0.3) is 5.56 Å². The Balaban J connectivity index is 1.32. The van der Waals surface area contributed by atoms with E-state index in [2.05, 4.69) is 17.0 Å². The summed E-state index contributed by atoms with van der Waals surface area (Å²) in [4.78, 5) is 18.4. The maximum atomic E-state index is 14.5. The Morgan fingerprint density at radius 3 is 2.59 bits per heavy atom. The van der Waals surface area contributed by atoms with Crippen LogP contribution in [-0.2, 0) is 0 Å². The van der Waals surface area contributed by atoms with Crippen molar-refractivity contribution in [1.29, 1.82) is 0 Å². The zero-order valence-corrected chi connectivity index (χ0v) is 25.3. The summed E-state index contributed by atoms with van der Waals surface area (Å²) in [5, 5.41) is 9.17. The van der Waals surface area contributed by atoms with E-state index in [1.807, 2.05) is 66.9 Å². The number of halogens is 1. The lowest BCUT2D eigenvalue weighted by atomic mass is 10.1. The molecule has 8 nitrogen and oxygen atoms in total. The third-order valence-corrected chi connectivity index (χ3v) is 8.02. The summed E-state index contributed by atoms with van der Waals surface area (Å²) in [5.41, 5.74) is 3.84. The number of hydrogen-bond acceptors (Lipinski definition) is 7. The molecule has 0 fully saturated rings. The SMILES string of the molecule is CCCCOc1ccc(/C=C/c2nc3s/c(=C\c4cn(-c5ccccc5)nc4-c4ccc(C)c(F)c4)c(=O)n3n2)cc1OC. The first-order valence-corrected chi connectivity index (χ1v) is 15.1. The van der Waals surface area contributed by atoms with Gasteiger partial charge in [-0.05, 0) is 67.0 Å². The summed E-state index contributed by atoms with van der Waals surface area (Å²) in [6.07, 6.45) is 9.23. The molecule has 3 aromatic carbocycles. The highest BCUT2D eigenvalue weighted by Gasteiger charge is 2.15. The minimum atomic E-state index is -0.318. The Labute approximate surface area is 257 Å². The molecule has 10 heteroatoms. The smallest absolute Gasteiger partial charge is 0.291 e. The van der Waals surface area contributed by atoms with Gasteiger partial charge in [0, 0.05) is 17.3 Å². The number of aryl methyl sites for hydroxylation is 1. The van der Waals surface area contributed by atoms with Crippen LogP contribution in [0.2, 0.25) is 0 Å². The number of aromatic nitrogens is 5. The number of benzene rings is 3. The Bertz CT molecular complexity index is 2080. The lowest BCUT2D eigenvalue weighted by Crippen LogP contribution is -2.23. The number of methoxy groups -OCH3 is 1. The second kappa shape index (κ2) is 12.6. The molecule has 6 aromatic rings. The van der Waals surface area contributed by atoms with Crippen LogP contribution in [-0.4, -0.2) is 38.1 Å². The molecule has 0 atom stereocenters. The van der Waals surface area contributed by atoms with Gasteiger partial charge >= 0.3 is 0 Å². The Morgan fingerprint density at radius 1 is 1.00 bits per heavy atom. The van der Waals surface area contributed by atoms with E-state index < -0.39 is 0 Å². The number of rotatable bonds is 10. The average molecular weight is 608 g/mol. The van der Waals surface area contributed by atoms with Crippen LogP contribution in [0.15, 0.2) is 77.7 Å². The second-order valence-corrected chi connectivity index (χ2v) is 11.2. The average Bonchev–Trinajstić information content (AvgIpc) is 3.73. The summed E-state index contributed by atoms with van der Waals surface area (Å²) in [6.45, 7) is 4.47. The standard InChI is InChI=1S/C34H30FN5O3S/c1-4-5-17-43-28-15-12-23(18-29(28)42-3)13-16-31-36-34-40(37-31)33(41)30(44-34)20-25-21-39(26-9-7-6-8-10-26)38-32(25)24-14-11-22(2)27(35)19-24/h6-16,18-21H,4-5,17H2,1-3H3/b16-13+,30-20-. The van der Waals surface area contributed by atoms with Crippen molar-refractivity contribution >= 4 is 34.5 Å². The van der Waals surface area contributed by atoms with Gasteiger partial charge in [-0.2, -0.15) is 14.6 Å². The molecule has 0 aliphatic carbocycles. The van der Waals surface area contributed by atoms with Crippen molar-refractivity contribution in [3.63, 3.8) is 0 Å². The van der Waals surface area contributed by atoms with E-state index >= 15 is 0 Å².